The molecule has 3 unspecified atom stereocenters. The SMILES string of the molecule is CCC1CCC(C)N1CC(/C(N)=N/O)c1ccccc1. The quantitative estimate of drug-likeness (QED) is 0.376. The maximum Gasteiger partial charge on any atom is 0.147 e. The Balaban J connectivity index is 2.20. The summed E-state index contributed by atoms with van der Waals surface area (Å²) in [7, 11) is 0. The molecule has 3 N–H and O–H groups in total. The van der Waals surface area contributed by atoms with E-state index in [1.54, 1.807) is 0 Å². The Morgan fingerprint density at radius 2 is 2.10 bits per heavy atom. The van der Waals surface area contributed by atoms with Gasteiger partial charge in [0.1, 0.15) is 5.84 Å². The molecule has 0 saturated carbocycles. The van der Waals surface area contributed by atoms with E-state index in [2.05, 4.69) is 23.9 Å². The molecule has 0 spiro atoms. The summed E-state index contributed by atoms with van der Waals surface area (Å²) in [5, 5.41) is 12.3. The fourth-order valence-electron chi connectivity index (χ4n) is 3.23. The van der Waals surface area contributed by atoms with Crippen molar-refractivity contribution in [2.45, 2.75) is 51.1 Å². The van der Waals surface area contributed by atoms with Gasteiger partial charge in [-0.05, 0) is 31.7 Å². The van der Waals surface area contributed by atoms with Gasteiger partial charge in [0.25, 0.3) is 0 Å². The number of rotatable bonds is 5. The molecule has 3 atom stereocenters. The van der Waals surface area contributed by atoms with Crippen molar-refractivity contribution in [2.24, 2.45) is 10.9 Å². The van der Waals surface area contributed by atoms with Crippen molar-refractivity contribution in [3.8, 4) is 0 Å². The van der Waals surface area contributed by atoms with Crippen LogP contribution in [-0.2, 0) is 0 Å². The summed E-state index contributed by atoms with van der Waals surface area (Å²) >= 11 is 0. The zero-order valence-corrected chi connectivity index (χ0v) is 12.4. The topological polar surface area (TPSA) is 61.8 Å². The molecule has 110 valence electrons. The van der Waals surface area contributed by atoms with E-state index < -0.39 is 0 Å². The van der Waals surface area contributed by atoms with Crippen LogP contribution in [0, 0.1) is 0 Å². The van der Waals surface area contributed by atoms with E-state index in [1.165, 1.54) is 12.8 Å². The average Bonchev–Trinajstić information content (AvgIpc) is 2.85. The lowest BCUT2D eigenvalue weighted by atomic mass is 9.96. The van der Waals surface area contributed by atoms with Crippen LogP contribution in [0.1, 0.15) is 44.6 Å². The predicted molar refractivity (Wildman–Crippen MR) is 82.1 cm³/mol. The van der Waals surface area contributed by atoms with Gasteiger partial charge in [0.15, 0.2) is 0 Å². The first-order valence-electron chi connectivity index (χ1n) is 7.45. The molecule has 20 heavy (non-hydrogen) atoms. The minimum Gasteiger partial charge on any atom is -0.409 e. The van der Waals surface area contributed by atoms with E-state index in [-0.39, 0.29) is 5.92 Å². The maximum absolute atomic E-state index is 9.07. The monoisotopic (exact) mass is 275 g/mol. The van der Waals surface area contributed by atoms with Crippen LogP contribution in [-0.4, -0.2) is 34.6 Å². The summed E-state index contributed by atoms with van der Waals surface area (Å²) in [5.74, 6) is 0.251. The van der Waals surface area contributed by atoms with E-state index in [0.717, 1.165) is 18.5 Å². The lowest BCUT2D eigenvalue weighted by molar-refractivity contribution is 0.195. The fourth-order valence-corrected chi connectivity index (χ4v) is 3.23. The summed E-state index contributed by atoms with van der Waals surface area (Å²) in [6.07, 6.45) is 3.63. The number of hydrogen-bond donors (Lipinski definition) is 2. The van der Waals surface area contributed by atoms with Crippen LogP contribution >= 0.6 is 0 Å². The van der Waals surface area contributed by atoms with Crippen LogP contribution in [0.25, 0.3) is 0 Å². The highest BCUT2D eigenvalue weighted by molar-refractivity contribution is 5.87. The van der Waals surface area contributed by atoms with Crippen molar-refractivity contribution in [3.05, 3.63) is 35.9 Å². The minimum absolute atomic E-state index is 0.0456. The second-order valence-corrected chi connectivity index (χ2v) is 5.67. The Bertz CT molecular complexity index is 446. The number of hydrogen-bond acceptors (Lipinski definition) is 3. The number of oxime groups is 1. The van der Waals surface area contributed by atoms with Crippen molar-refractivity contribution in [3.63, 3.8) is 0 Å². The molecule has 4 heteroatoms. The van der Waals surface area contributed by atoms with Crippen molar-refractivity contribution in [2.75, 3.05) is 6.54 Å². The largest absolute Gasteiger partial charge is 0.409 e. The molecule has 1 aliphatic rings. The molecule has 1 heterocycles. The van der Waals surface area contributed by atoms with Crippen molar-refractivity contribution in [1.29, 1.82) is 0 Å². The molecule has 2 rings (SSSR count). The normalized spacial score (nSPS) is 25.8. The van der Waals surface area contributed by atoms with Gasteiger partial charge in [-0.15, -0.1) is 0 Å². The Morgan fingerprint density at radius 1 is 1.40 bits per heavy atom. The number of benzene rings is 1. The number of nitrogens with two attached hydrogens (primary N) is 1. The molecule has 1 aromatic rings. The van der Waals surface area contributed by atoms with Crippen LogP contribution in [0.15, 0.2) is 35.5 Å². The fraction of sp³-hybridized carbons (Fsp3) is 0.562. The zero-order chi connectivity index (χ0) is 14.5. The molecule has 1 fully saturated rings. The predicted octanol–water partition coefficient (Wildman–Crippen LogP) is 2.78. The van der Waals surface area contributed by atoms with E-state index in [0.29, 0.717) is 17.9 Å². The van der Waals surface area contributed by atoms with Gasteiger partial charge in [-0.25, -0.2) is 0 Å². The van der Waals surface area contributed by atoms with Crippen molar-refractivity contribution >= 4 is 5.84 Å². The molecule has 1 aromatic carbocycles. The summed E-state index contributed by atoms with van der Waals surface area (Å²) in [5.41, 5.74) is 7.04. The Labute approximate surface area is 121 Å². The standard InChI is InChI=1S/C16H25N3O/c1-3-14-10-9-12(2)19(14)11-15(16(17)18-20)13-7-5-4-6-8-13/h4-8,12,14-15,20H,3,9-11H2,1-2H3,(H2,17,18). The first-order chi connectivity index (χ1) is 9.67. The van der Waals surface area contributed by atoms with E-state index in [9.17, 15) is 0 Å². The Hall–Kier alpha value is -1.55. The molecular formula is C16H25N3O. The molecule has 0 bridgehead atoms. The van der Waals surface area contributed by atoms with Gasteiger partial charge < -0.3 is 10.9 Å². The third-order valence-electron chi connectivity index (χ3n) is 4.49. The maximum atomic E-state index is 9.07. The van der Waals surface area contributed by atoms with Crippen molar-refractivity contribution in [1.82, 2.24) is 4.90 Å². The van der Waals surface area contributed by atoms with Gasteiger partial charge in [0.05, 0.1) is 5.92 Å². The van der Waals surface area contributed by atoms with Gasteiger partial charge in [-0.3, -0.25) is 4.90 Å². The number of nitrogens with zero attached hydrogens (tertiary/aromatic N) is 2. The molecule has 1 saturated heterocycles. The molecule has 0 aliphatic carbocycles. The first-order valence-corrected chi connectivity index (χ1v) is 7.45. The third-order valence-corrected chi connectivity index (χ3v) is 4.49. The molecule has 0 radical (unpaired) electrons. The first kappa shape index (κ1) is 14.9. The zero-order valence-electron chi connectivity index (χ0n) is 12.4. The third kappa shape index (κ3) is 3.12. The van der Waals surface area contributed by atoms with Gasteiger partial charge >= 0.3 is 0 Å². The molecule has 4 nitrogen and oxygen atoms in total. The minimum atomic E-state index is -0.0456. The van der Waals surface area contributed by atoms with Crippen LogP contribution < -0.4 is 5.73 Å². The highest BCUT2D eigenvalue weighted by Crippen LogP contribution is 2.29. The van der Waals surface area contributed by atoms with Gasteiger partial charge in [0.2, 0.25) is 0 Å². The molecular weight excluding hydrogens is 250 g/mol. The Kier molecular flexibility index (Phi) is 5.01. The van der Waals surface area contributed by atoms with Crippen molar-refractivity contribution < 1.29 is 5.21 Å². The summed E-state index contributed by atoms with van der Waals surface area (Å²) in [6.45, 7) is 5.32. The second kappa shape index (κ2) is 6.75. The van der Waals surface area contributed by atoms with Crippen LogP contribution in [0.4, 0.5) is 0 Å². The lowest BCUT2D eigenvalue weighted by Crippen LogP contribution is -2.41. The summed E-state index contributed by atoms with van der Waals surface area (Å²) in [6, 6.07) is 11.3. The molecule has 0 amide bonds. The smallest absolute Gasteiger partial charge is 0.147 e. The summed E-state index contributed by atoms with van der Waals surface area (Å²) in [4.78, 5) is 2.51. The lowest BCUT2D eigenvalue weighted by Gasteiger charge is -2.31. The van der Waals surface area contributed by atoms with E-state index >= 15 is 0 Å². The van der Waals surface area contributed by atoms with Crippen LogP contribution in [0.3, 0.4) is 0 Å². The number of amidine groups is 1. The highest BCUT2D eigenvalue weighted by atomic mass is 16.4. The van der Waals surface area contributed by atoms with Gasteiger partial charge in [-0.2, -0.15) is 0 Å². The van der Waals surface area contributed by atoms with Crippen LogP contribution in [0.5, 0.6) is 0 Å². The van der Waals surface area contributed by atoms with E-state index in [1.807, 2.05) is 30.3 Å². The molecule has 1 aliphatic heterocycles. The highest BCUT2D eigenvalue weighted by Gasteiger charge is 2.32. The summed E-state index contributed by atoms with van der Waals surface area (Å²) < 4.78 is 0. The second-order valence-electron chi connectivity index (χ2n) is 5.67. The van der Waals surface area contributed by atoms with Crippen LogP contribution in [0.2, 0.25) is 0 Å². The Morgan fingerprint density at radius 3 is 2.70 bits per heavy atom. The molecule has 0 aromatic heterocycles. The van der Waals surface area contributed by atoms with Gasteiger partial charge in [-0.1, -0.05) is 42.4 Å². The average molecular weight is 275 g/mol. The number of likely N-dealkylation sites (tertiary alicyclic amines) is 1. The van der Waals surface area contributed by atoms with Gasteiger partial charge in [0, 0.05) is 18.6 Å². The van der Waals surface area contributed by atoms with E-state index in [4.69, 9.17) is 10.9 Å².